The van der Waals surface area contributed by atoms with E-state index in [9.17, 15) is 0 Å². The first-order valence-electron chi connectivity index (χ1n) is 5.77. The van der Waals surface area contributed by atoms with Crippen LogP contribution in [0.5, 0.6) is 0 Å². The summed E-state index contributed by atoms with van der Waals surface area (Å²) >= 11 is 0. The minimum Gasteiger partial charge on any atom is -0.0722 e. The average Bonchev–Trinajstić information content (AvgIpc) is 2.02. The van der Waals surface area contributed by atoms with Gasteiger partial charge in [0.15, 0.2) is 0 Å². The second-order valence-corrected chi connectivity index (χ2v) is 7.67. The van der Waals surface area contributed by atoms with Gasteiger partial charge in [0.2, 0.25) is 0 Å². The van der Waals surface area contributed by atoms with Gasteiger partial charge in [0.25, 0.3) is 0 Å². The highest BCUT2D eigenvalue weighted by Crippen LogP contribution is 2.09. The topological polar surface area (TPSA) is 0 Å². The van der Waals surface area contributed by atoms with Crippen molar-refractivity contribution in [2.45, 2.75) is 71.0 Å². The molecule has 0 aromatic rings. The smallest absolute Gasteiger partial charge is 0.0305 e. The van der Waals surface area contributed by atoms with Crippen LogP contribution in [-0.2, 0) is 0 Å². The van der Waals surface area contributed by atoms with Gasteiger partial charge in [-0.25, -0.2) is 0 Å². The Morgan fingerprint density at radius 2 is 1.25 bits per heavy atom. The zero-order valence-corrected chi connectivity index (χ0v) is 10.4. The molecule has 0 saturated carbocycles. The Bertz CT molecular complexity index is 79.1. The van der Waals surface area contributed by atoms with Crippen molar-refractivity contribution in [1.29, 1.82) is 0 Å². The van der Waals surface area contributed by atoms with Gasteiger partial charge in [-0.3, -0.25) is 0 Å². The summed E-state index contributed by atoms with van der Waals surface area (Å²) in [6, 6.07) is 1.56. The van der Waals surface area contributed by atoms with Gasteiger partial charge in [0.1, 0.15) is 0 Å². The fourth-order valence-corrected chi connectivity index (χ4v) is 2.61. The third-order valence-corrected chi connectivity index (χ3v) is 3.95. The lowest BCUT2D eigenvalue weighted by molar-refractivity contribution is 0.601. The van der Waals surface area contributed by atoms with Crippen molar-refractivity contribution in [3.63, 3.8) is 0 Å². The summed E-state index contributed by atoms with van der Waals surface area (Å²) in [5, 5.41) is 0. The molecule has 0 N–H and O–H groups in total. The highest BCUT2D eigenvalue weighted by atomic mass is 28.3. The Labute approximate surface area is 80.4 Å². The molecule has 0 heterocycles. The molecule has 74 valence electrons. The van der Waals surface area contributed by atoms with Crippen molar-refractivity contribution >= 4 is 8.80 Å². The number of unbranched alkanes of at least 4 members (excludes halogenated alkanes) is 6. The zero-order valence-electron chi connectivity index (χ0n) is 9.23. The molecule has 0 bridgehead atoms. The third kappa shape index (κ3) is 10.2. The maximum absolute atomic E-state index is 2.46. The Morgan fingerprint density at radius 1 is 0.750 bits per heavy atom. The van der Waals surface area contributed by atoms with Crippen molar-refractivity contribution in [3.8, 4) is 0 Å². The van der Waals surface area contributed by atoms with Crippen molar-refractivity contribution in [3.05, 3.63) is 0 Å². The van der Waals surface area contributed by atoms with E-state index in [0.29, 0.717) is 0 Å². The lowest BCUT2D eigenvalue weighted by atomic mass is 10.1. The van der Waals surface area contributed by atoms with Crippen LogP contribution < -0.4 is 0 Å². The van der Waals surface area contributed by atoms with E-state index in [0.717, 1.165) is 0 Å². The fourth-order valence-electron chi connectivity index (χ4n) is 1.51. The Kier molecular flexibility index (Phi) is 9.47. The largest absolute Gasteiger partial charge is 0.0722 e. The highest BCUT2D eigenvalue weighted by Gasteiger charge is 1.95. The zero-order chi connectivity index (χ0) is 9.23. The summed E-state index contributed by atoms with van der Waals surface area (Å²) in [6.45, 7) is 7.19. The monoisotopic (exact) mass is 186 g/mol. The fraction of sp³-hybridized carbons (Fsp3) is 1.00. The molecule has 0 aromatic carbocycles. The molecule has 1 heteroatoms. The second kappa shape index (κ2) is 9.31. The van der Waals surface area contributed by atoms with E-state index < -0.39 is 0 Å². The van der Waals surface area contributed by atoms with Crippen molar-refractivity contribution in [2.24, 2.45) is 0 Å². The van der Waals surface area contributed by atoms with E-state index in [-0.39, 0.29) is 8.80 Å². The number of rotatable bonds is 8. The van der Waals surface area contributed by atoms with Gasteiger partial charge < -0.3 is 0 Å². The molecule has 0 aliphatic carbocycles. The Morgan fingerprint density at radius 3 is 1.75 bits per heavy atom. The van der Waals surface area contributed by atoms with Crippen LogP contribution in [0.2, 0.25) is 19.1 Å². The first-order valence-corrected chi connectivity index (χ1v) is 8.90. The molecule has 0 fully saturated rings. The summed E-state index contributed by atoms with van der Waals surface area (Å²) in [4.78, 5) is 0. The average molecular weight is 186 g/mol. The highest BCUT2D eigenvalue weighted by molar-refractivity contribution is 6.55. The van der Waals surface area contributed by atoms with Gasteiger partial charge in [-0.05, 0) is 0 Å². The molecule has 0 unspecified atom stereocenters. The molecule has 0 rings (SSSR count). The predicted molar refractivity (Wildman–Crippen MR) is 61.7 cm³/mol. The quantitative estimate of drug-likeness (QED) is 0.393. The standard InChI is InChI=1S/C11H26Si/c1-4-5-6-7-8-9-10-11-12(2)3/h12H,4-11H2,1-3H3. The molecule has 0 saturated heterocycles. The van der Waals surface area contributed by atoms with Gasteiger partial charge in [-0.2, -0.15) is 0 Å². The van der Waals surface area contributed by atoms with Crippen LogP contribution in [0, 0.1) is 0 Å². The van der Waals surface area contributed by atoms with E-state index in [1.165, 1.54) is 44.9 Å². The van der Waals surface area contributed by atoms with Gasteiger partial charge in [-0.15, -0.1) is 0 Å². The summed E-state index contributed by atoms with van der Waals surface area (Å²) in [5.74, 6) is 0. The minimum atomic E-state index is -0.235. The van der Waals surface area contributed by atoms with Crippen LogP contribution in [0.15, 0.2) is 0 Å². The van der Waals surface area contributed by atoms with Gasteiger partial charge in [-0.1, -0.05) is 71.0 Å². The summed E-state index contributed by atoms with van der Waals surface area (Å²) in [6.07, 6.45) is 10.3. The van der Waals surface area contributed by atoms with Crippen LogP contribution in [0.4, 0.5) is 0 Å². The third-order valence-electron chi connectivity index (χ3n) is 2.39. The number of hydrogen-bond acceptors (Lipinski definition) is 0. The van der Waals surface area contributed by atoms with Crippen LogP contribution in [0.1, 0.15) is 51.9 Å². The first kappa shape index (κ1) is 12.2. The molecule has 0 aliphatic rings. The van der Waals surface area contributed by atoms with Crippen LogP contribution >= 0.6 is 0 Å². The Hall–Kier alpha value is 0.217. The normalized spacial score (nSPS) is 11.0. The van der Waals surface area contributed by atoms with Crippen molar-refractivity contribution in [1.82, 2.24) is 0 Å². The van der Waals surface area contributed by atoms with Gasteiger partial charge in [0, 0.05) is 8.80 Å². The molecular formula is C11H26Si. The van der Waals surface area contributed by atoms with Gasteiger partial charge in [0.05, 0.1) is 0 Å². The van der Waals surface area contributed by atoms with E-state index in [4.69, 9.17) is 0 Å². The molecular weight excluding hydrogens is 160 g/mol. The van der Waals surface area contributed by atoms with Crippen molar-refractivity contribution < 1.29 is 0 Å². The number of hydrogen-bond donors (Lipinski definition) is 0. The molecule has 0 aliphatic heterocycles. The van der Waals surface area contributed by atoms with E-state index in [2.05, 4.69) is 20.0 Å². The lowest BCUT2D eigenvalue weighted by Gasteiger charge is -2.02. The van der Waals surface area contributed by atoms with Crippen LogP contribution in [0.3, 0.4) is 0 Å². The maximum atomic E-state index is 2.46. The van der Waals surface area contributed by atoms with Crippen molar-refractivity contribution in [2.75, 3.05) is 0 Å². The van der Waals surface area contributed by atoms with E-state index >= 15 is 0 Å². The predicted octanol–water partition coefficient (Wildman–Crippen LogP) is 4.22. The second-order valence-electron chi connectivity index (χ2n) is 4.30. The lowest BCUT2D eigenvalue weighted by Crippen LogP contribution is -1.97. The molecule has 0 nitrogen and oxygen atoms in total. The van der Waals surface area contributed by atoms with Gasteiger partial charge >= 0.3 is 0 Å². The molecule has 0 radical (unpaired) electrons. The molecule has 0 aromatic heterocycles. The first-order chi connectivity index (χ1) is 5.77. The molecule has 0 spiro atoms. The van der Waals surface area contributed by atoms with Crippen LogP contribution in [0.25, 0.3) is 0 Å². The minimum absolute atomic E-state index is 0.235. The SMILES string of the molecule is CCCCCCCCC[SiH](C)C. The summed E-state index contributed by atoms with van der Waals surface area (Å²) in [7, 11) is -0.235. The Balaban J connectivity index is 2.82. The maximum Gasteiger partial charge on any atom is 0.0305 e. The van der Waals surface area contributed by atoms with E-state index in [1.54, 1.807) is 6.04 Å². The summed E-state index contributed by atoms with van der Waals surface area (Å²) < 4.78 is 0. The molecule has 0 amide bonds. The van der Waals surface area contributed by atoms with E-state index in [1.807, 2.05) is 0 Å². The van der Waals surface area contributed by atoms with Crippen LogP contribution in [-0.4, -0.2) is 8.80 Å². The molecule has 0 atom stereocenters. The molecule has 12 heavy (non-hydrogen) atoms. The summed E-state index contributed by atoms with van der Waals surface area (Å²) in [5.41, 5.74) is 0.